The largest absolute Gasteiger partial charge is 0.490 e. The van der Waals surface area contributed by atoms with Gasteiger partial charge in [-0.15, -0.1) is 0 Å². The Balaban J connectivity index is 0.000000293. The molecular formula is C7H6F3N3O3. The summed E-state index contributed by atoms with van der Waals surface area (Å²) in [6, 6.07) is 1.62. The number of carboxylic acid groups (broad SMARTS) is 1. The third kappa shape index (κ3) is 5.52. The number of aliphatic carboxylic acids is 1. The summed E-state index contributed by atoms with van der Waals surface area (Å²) in [5.41, 5.74) is 4.85. The van der Waals surface area contributed by atoms with Gasteiger partial charge in [0, 0.05) is 12.4 Å². The van der Waals surface area contributed by atoms with Crippen molar-refractivity contribution in [1.29, 1.82) is 0 Å². The average Bonchev–Trinajstić information content (AvgIpc) is 2.18. The molecule has 0 aliphatic rings. The van der Waals surface area contributed by atoms with E-state index in [1.165, 1.54) is 12.4 Å². The van der Waals surface area contributed by atoms with Crippen LogP contribution < -0.4 is 5.73 Å². The molecule has 9 heteroatoms. The number of nitrogens with zero attached hydrogens (tertiary/aromatic N) is 2. The predicted octanol–water partition coefficient (Wildman–Crippen LogP) is 0.209. The highest BCUT2D eigenvalue weighted by atomic mass is 19.4. The number of halogens is 3. The van der Waals surface area contributed by atoms with Gasteiger partial charge >= 0.3 is 12.1 Å². The maximum atomic E-state index is 10.6. The molecule has 0 aliphatic heterocycles. The molecule has 0 radical (unpaired) electrons. The van der Waals surface area contributed by atoms with E-state index in [2.05, 4.69) is 9.97 Å². The van der Waals surface area contributed by atoms with Crippen LogP contribution in [0.2, 0.25) is 0 Å². The van der Waals surface area contributed by atoms with Gasteiger partial charge in [0.05, 0.1) is 0 Å². The third-order valence-electron chi connectivity index (χ3n) is 1.03. The van der Waals surface area contributed by atoms with E-state index in [9.17, 15) is 18.0 Å². The first kappa shape index (κ1) is 13.8. The summed E-state index contributed by atoms with van der Waals surface area (Å²) in [5, 5.41) is 7.12. The van der Waals surface area contributed by atoms with Crippen LogP contribution in [-0.2, 0) is 4.79 Å². The van der Waals surface area contributed by atoms with Crippen LogP contribution >= 0.6 is 0 Å². The molecule has 1 amide bonds. The summed E-state index contributed by atoms with van der Waals surface area (Å²) in [6.07, 6.45) is -2.15. The second-order valence-corrected chi connectivity index (χ2v) is 2.24. The van der Waals surface area contributed by atoms with Crippen molar-refractivity contribution in [2.24, 2.45) is 5.73 Å². The molecule has 0 spiro atoms. The summed E-state index contributed by atoms with van der Waals surface area (Å²) < 4.78 is 31.7. The highest BCUT2D eigenvalue weighted by Crippen LogP contribution is 2.13. The van der Waals surface area contributed by atoms with Crippen molar-refractivity contribution in [2.75, 3.05) is 0 Å². The second-order valence-electron chi connectivity index (χ2n) is 2.24. The van der Waals surface area contributed by atoms with Gasteiger partial charge in [-0.1, -0.05) is 0 Å². The lowest BCUT2D eigenvalue weighted by atomic mass is 10.5. The van der Waals surface area contributed by atoms with Gasteiger partial charge in [-0.3, -0.25) is 4.79 Å². The van der Waals surface area contributed by atoms with Gasteiger partial charge in [0.2, 0.25) is 5.82 Å². The standard InChI is InChI=1S/C5H5N3O.C2HF3O2/c6-4(9)5-7-2-1-3-8-5;3-2(4,5)1(6)7/h1-3H,(H2,6,9);(H,6,7). The lowest BCUT2D eigenvalue weighted by Crippen LogP contribution is -2.21. The molecule has 0 aliphatic carbocycles. The number of aromatic nitrogens is 2. The van der Waals surface area contributed by atoms with Crippen LogP contribution in [0.25, 0.3) is 0 Å². The number of hydrogen-bond donors (Lipinski definition) is 2. The number of carbonyl (C=O) groups is 2. The number of primary amides is 1. The summed E-state index contributed by atoms with van der Waals surface area (Å²) in [4.78, 5) is 26.4. The monoisotopic (exact) mass is 237 g/mol. The van der Waals surface area contributed by atoms with E-state index in [1.54, 1.807) is 6.07 Å². The van der Waals surface area contributed by atoms with Gasteiger partial charge in [0.1, 0.15) is 0 Å². The van der Waals surface area contributed by atoms with Gasteiger partial charge in [-0.05, 0) is 6.07 Å². The number of nitrogens with two attached hydrogens (primary N) is 1. The Hall–Kier alpha value is -2.19. The van der Waals surface area contributed by atoms with Crippen LogP contribution in [0.3, 0.4) is 0 Å². The van der Waals surface area contributed by atoms with Crippen molar-refractivity contribution in [2.45, 2.75) is 6.18 Å². The molecule has 0 unspecified atom stereocenters. The Morgan fingerprint density at radius 3 is 1.81 bits per heavy atom. The molecule has 3 N–H and O–H groups in total. The molecule has 1 aromatic rings. The van der Waals surface area contributed by atoms with Crippen LogP contribution in [0.1, 0.15) is 10.6 Å². The van der Waals surface area contributed by atoms with Gasteiger partial charge < -0.3 is 10.8 Å². The Bertz CT molecular complexity index is 366. The normalized spacial score (nSPS) is 9.94. The van der Waals surface area contributed by atoms with Crippen molar-refractivity contribution < 1.29 is 27.9 Å². The zero-order valence-corrected chi connectivity index (χ0v) is 7.60. The van der Waals surface area contributed by atoms with E-state index in [4.69, 9.17) is 15.6 Å². The van der Waals surface area contributed by atoms with Gasteiger partial charge in [0.25, 0.3) is 5.91 Å². The lowest BCUT2D eigenvalue weighted by molar-refractivity contribution is -0.192. The fraction of sp³-hybridized carbons (Fsp3) is 0.143. The van der Waals surface area contributed by atoms with Crippen molar-refractivity contribution >= 4 is 11.9 Å². The zero-order chi connectivity index (χ0) is 12.8. The number of carbonyl (C=O) groups excluding carboxylic acids is 1. The van der Waals surface area contributed by atoms with Crippen LogP contribution in [0.15, 0.2) is 18.5 Å². The van der Waals surface area contributed by atoms with Crippen LogP contribution in [-0.4, -0.2) is 33.1 Å². The van der Waals surface area contributed by atoms with Crippen molar-refractivity contribution in [3.8, 4) is 0 Å². The zero-order valence-electron chi connectivity index (χ0n) is 7.60. The molecule has 88 valence electrons. The Morgan fingerprint density at radius 2 is 1.62 bits per heavy atom. The smallest absolute Gasteiger partial charge is 0.475 e. The van der Waals surface area contributed by atoms with Crippen LogP contribution in [0.5, 0.6) is 0 Å². The summed E-state index contributed by atoms with van der Waals surface area (Å²) >= 11 is 0. The molecule has 0 saturated heterocycles. The SMILES string of the molecule is NC(=O)c1ncccn1.O=C(O)C(F)(F)F. The summed E-state index contributed by atoms with van der Waals surface area (Å²) in [7, 11) is 0. The van der Waals surface area contributed by atoms with Crippen LogP contribution in [0, 0.1) is 0 Å². The molecule has 0 aromatic carbocycles. The summed E-state index contributed by atoms with van der Waals surface area (Å²) in [6.45, 7) is 0. The topological polar surface area (TPSA) is 106 Å². The van der Waals surface area contributed by atoms with E-state index in [1.807, 2.05) is 0 Å². The summed E-state index contributed by atoms with van der Waals surface area (Å²) in [5.74, 6) is -3.30. The predicted molar refractivity (Wildman–Crippen MR) is 44.2 cm³/mol. The Kier molecular flexibility index (Phi) is 4.86. The number of alkyl halides is 3. The highest BCUT2D eigenvalue weighted by Gasteiger charge is 2.38. The Morgan fingerprint density at radius 1 is 1.25 bits per heavy atom. The van der Waals surface area contributed by atoms with Crippen molar-refractivity contribution in [1.82, 2.24) is 9.97 Å². The first-order chi connectivity index (χ1) is 7.25. The molecule has 0 saturated carbocycles. The lowest BCUT2D eigenvalue weighted by Gasteiger charge is -1.93. The molecule has 1 heterocycles. The minimum atomic E-state index is -5.08. The highest BCUT2D eigenvalue weighted by molar-refractivity contribution is 5.88. The van der Waals surface area contributed by atoms with E-state index in [0.29, 0.717) is 0 Å². The molecular weight excluding hydrogens is 231 g/mol. The van der Waals surface area contributed by atoms with E-state index in [0.717, 1.165) is 0 Å². The maximum Gasteiger partial charge on any atom is 0.490 e. The number of hydrogen-bond acceptors (Lipinski definition) is 4. The maximum absolute atomic E-state index is 10.6. The van der Waals surface area contributed by atoms with Crippen molar-refractivity contribution in [3.63, 3.8) is 0 Å². The average molecular weight is 237 g/mol. The molecule has 0 fully saturated rings. The number of carboxylic acids is 1. The minimum Gasteiger partial charge on any atom is -0.475 e. The van der Waals surface area contributed by atoms with Gasteiger partial charge in [-0.25, -0.2) is 14.8 Å². The third-order valence-corrected chi connectivity index (χ3v) is 1.03. The molecule has 0 atom stereocenters. The van der Waals surface area contributed by atoms with E-state index in [-0.39, 0.29) is 5.82 Å². The van der Waals surface area contributed by atoms with Gasteiger partial charge in [-0.2, -0.15) is 13.2 Å². The fourth-order valence-electron chi connectivity index (χ4n) is 0.426. The van der Waals surface area contributed by atoms with E-state index < -0.39 is 18.1 Å². The molecule has 1 aromatic heterocycles. The fourth-order valence-corrected chi connectivity index (χ4v) is 0.426. The van der Waals surface area contributed by atoms with E-state index >= 15 is 0 Å². The molecule has 0 bridgehead atoms. The van der Waals surface area contributed by atoms with Gasteiger partial charge in [0.15, 0.2) is 0 Å². The minimum absolute atomic E-state index is 0.0532. The first-order valence-corrected chi connectivity index (χ1v) is 3.62. The number of amides is 1. The number of rotatable bonds is 1. The molecule has 1 rings (SSSR count). The second kappa shape index (κ2) is 5.63. The molecule has 16 heavy (non-hydrogen) atoms. The quantitative estimate of drug-likeness (QED) is 0.726. The Labute approximate surface area is 86.9 Å². The first-order valence-electron chi connectivity index (χ1n) is 3.62. The van der Waals surface area contributed by atoms with Crippen molar-refractivity contribution in [3.05, 3.63) is 24.3 Å². The van der Waals surface area contributed by atoms with Crippen LogP contribution in [0.4, 0.5) is 13.2 Å². The molecule has 6 nitrogen and oxygen atoms in total.